The van der Waals surface area contributed by atoms with Gasteiger partial charge in [-0.05, 0) is 41.6 Å². The van der Waals surface area contributed by atoms with Gasteiger partial charge < -0.3 is 4.98 Å². The van der Waals surface area contributed by atoms with E-state index >= 15 is 0 Å². The van der Waals surface area contributed by atoms with Gasteiger partial charge >= 0.3 is 0 Å². The van der Waals surface area contributed by atoms with Gasteiger partial charge in [0.2, 0.25) is 0 Å². The summed E-state index contributed by atoms with van der Waals surface area (Å²) in [5.41, 5.74) is 0.988. The third-order valence-electron chi connectivity index (χ3n) is 4.69. The first kappa shape index (κ1) is 15.6. The molecule has 3 nitrogen and oxygen atoms in total. The molecule has 1 aromatic heterocycles. The number of thioether (sulfide) groups is 1. The SMILES string of the molecule is O=c1[nH]c(CSC2CCCCC2)nc(C2CCCC2)c1Br. The van der Waals surface area contributed by atoms with Crippen LogP contribution in [0.5, 0.6) is 0 Å². The zero-order valence-electron chi connectivity index (χ0n) is 12.4. The first-order valence-electron chi connectivity index (χ1n) is 8.14. The van der Waals surface area contributed by atoms with Crippen molar-refractivity contribution in [3.8, 4) is 0 Å². The second kappa shape index (κ2) is 7.32. The van der Waals surface area contributed by atoms with Crippen LogP contribution in [0.15, 0.2) is 9.27 Å². The summed E-state index contributed by atoms with van der Waals surface area (Å²) in [6, 6.07) is 0. The van der Waals surface area contributed by atoms with Crippen LogP contribution >= 0.6 is 27.7 Å². The van der Waals surface area contributed by atoms with Crippen molar-refractivity contribution in [2.45, 2.75) is 74.7 Å². The number of hydrogen-bond acceptors (Lipinski definition) is 3. The highest BCUT2D eigenvalue weighted by Gasteiger charge is 2.23. The van der Waals surface area contributed by atoms with Gasteiger partial charge in [-0.25, -0.2) is 4.98 Å². The molecule has 1 heterocycles. The van der Waals surface area contributed by atoms with Crippen LogP contribution in [0, 0.1) is 0 Å². The van der Waals surface area contributed by atoms with Gasteiger partial charge in [-0.1, -0.05) is 32.1 Å². The van der Waals surface area contributed by atoms with Crippen molar-refractivity contribution in [3.05, 3.63) is 26.3 Å². The molecule has 1 aromatic rings. The van der Waals surface area contributed by atoms with Crippen molar-refractivity contribution < 1.29 is 0 Å². The second-order valence-corrected chi connectivity index (χ2v) is 8.35. The average molecular weight is 371 g/mol. The number of aromatic amines is 1. The molecule has 0 saturated heterocycles. The topological polar surface area (TPSA) is 45.8 Å². The van der Waals surface area contributed by atoms with E-state index < -0.39 is 0 Å². The molecule has 1 N–H and O–H groups in total. The Morgan fingerprint density at radius 2 is 1.76 bits per heavy atom. The van der Waals surface area contributed by atoms with E-state index in [-0.39, 0.29) is 5.56 Å². The molecule has 0 spiro atoms. The molecule has 2 aliphatic rings. The molecule has 21 heavy (non-hydrogen) atoms. The number of H-pyrrole nitrogens is 1. The van der Waals surface area contributed by atoms with Crippen molar-refractivity contribution in [1.82, 2.24) is 9.97 Å². The number of halogens is 1. The Morgan fingerprint density at radius 3 is 2.48 bits per heavy atom. The molecule has 0 bridgehead atoms. The lowest BCUT2D eigenvalue weighted by Gasteiger charge is -2.21. The molecule has 0 radical (unpaired) electrons. The van der Waals surface area contributed by atoms with E-state index in [2.05, 4.69) is 20.9 Å². The molecule has 116 valence electrons. The van der Waals surface area contributed by atoms with Gasteiger partial charge in [-0.3, -0.25) is 4.79 Å². The molecule has 3 rings (SSSR count). The van der Waals surface area contributed by atoms with Gasteiger partial charge in [0.15, 0.2) is 0 Å². The van der Waals surface area contributed by atoms with Gasteiger partial charge in [-0.2, -0.15) is 11.8 Å². The molecule has 0 amide bonds. The van der Waals surface area contributed by atoms with Crippen LogP contribution in [0.1, 0.15) is 75.2 Å². The zero-order valence-corrected chi connectivity index (χ0v) is 14.8. The summed E-state index contributed by atoms with van der Waals surface area (Å²) in [7, 11) is 0. The summed E-state index contributed by atoms with van der Waals surface area (Å²) in [4.78, 5) is 19.8. The summed E-state index contributed by atoms with van der Waals surface area (Å²) in [5.74, 6) is 2.17. The van der Waals surface area contributed by atoms with Crippen LogP contribution in [-0.4, -0.2) is 15.2 Å². The second-order valence-electron chi connectivity index (χ2n) is 6.26. The lowest BCUT2D eigenvalue weighted by molar-refractivity contribution is 0.516. The van der Waals surface area contributed by atoms with E-state index in [0.29, 0.717) is 10.4 Å². The van der Waals surface area contributed by atoms with E-state index in [1.807, 2.05) is 11.8 Å². The maximum absolute atomic E-state index is 12.1. The van der Waals surface area contributed by atoms with Crippen molar-refractivity contribution in [1.29, 1.82) is 0 Å². The van der Waals surface area contributed by atoms with Crippen LogP contribution in [-0.2, 0) is 5.75 Å². The van der Waals surface area contributed by atoms with Crippen LogP contribution in [0.4, 0.5) is 0 Å². The fourth-order valence-corrected chi connectivity index (χ4v) is 5.20. The highest BCUT2D eigenvalue weighted by Crippen LogP contribution is 2.36. The molecular weight excluding hydrogens is 348 g/mol. The van der Waals surface area contributed by atoms with Gasteiger partial charge in [0.05, 0.1) is 11.4 Å². The number of aromatic nitrogens is 2. The quantitative estimate of drug-likeness (QED) is 0.830. The van der Waals surface area contributed by atoms with E-state index in [9.17, 15) is 4.79 Å². The van der Waals surface area contributed by atoms with E-state index in [1.54, 1.807) is 0 Å². The molecular formula is C16H23BrN2OS. The maximum atomic E-state index is 12.1. The van der Waals surface area contributed by atoms with E-state index in [4.69, 9.17) is 4.98 Å². The Balaban J connectivity index is 1.71. The zero-order chi connectivity index (χ0) is 14.7. The van der Waals surface area contributed by atoms with Crippen molar-refractivity contribution in [2.24, 2.45) is 0 Å². The van der Waals surface area contributed by atoms with Crippen molar-refractivity contribution in [2.75, 3.05) is 0 Å². The third-order valence-corrected chi connectivity index (χ3v) is 6.84. The van der Waals surface area contributed by atoms with Crippen LogP contribution in [0.25, 0.3) is 0 Å². The molecule has 2 saturated carbocycles. The normalized spacial score (nSPS) is 21.0. The molecule has 2 fully saturated rings. The Morgan fingerprint density at radius 1 is 1.10 bits per heavy atom. The Kier molecular flexibility index (Phi) is 5.43. The molecule has 0 unspecified atom stereocenters. The summed E-state index contributed by atoms with van der Waals surface area (Å²) in [6.45, 7) is 0. The minimum Gasteiger partial charge on any atom is -0.309 e. The molecule has 5 heteroatoms. The lowest BCUT2D eigenvalue weighted by Crippen LogP contribution is -2.17. The van der Waals surface area contributed by atoms with Crippen molar-refractivity contribution in [3.63, 3.8) is 0 Å². The predicted octanol–water partition coefficient (Wildman–Crippen LogP) is 4.76. The van der Waals surface area contributed by atoms with Gasteiger partial charge in [-0.15, -0.1) is 0 Å². The van der Waals surface area contributed by atoms with Crippen LogP contribution in [0.3, 0.4) is 0 Å². The van der Waals surface area contributed by atoms with Crippen LogP contribution < -0.4 is 5.56 Å². The van der Waals surface area contributed by atoms with Gasteiger partial charge in [0, 0.05) is 11.2 Å². The molecule has 0 atom stereocenters. The predicted molar refractivity (Wildman–Crippen MR) is 91.9 cm³/mol. The Hall–Kier alpha value is -0.290. The van der Waals surface area contributed by atoms with E-state index in [0.717, 1.165) is 22.5 Å². The first-order valence-corrected chi connectivity index (χ1v) is 9.98. The minimum absolute atomic E-state index is 0.00820. The lowest BCUT2D eigenvalue weighted by atomic mass is 10.0. The Labute approximate surface area is 138 Å². The third kappa shape index (κ3) is 3.92. The van der Waals surface area contributed by atoms with Gasteiger partial charge in [0.25, 0.3) is 5.56 Å². The number of nitrogens with one attached hydrogen (secondary N) is 1. The number of nitrogens with zero attached hydrogens (tertiary/aromatic N) is 1. The summed E-state index contributed by atoms with van der Waals surface area (Å²) in [5, 5.41) is 0.752. The first-order chi connectivity index (χ1) is 10.2. The number of rotatable bonds is 4. The minimum atomic E-state index is -0.00820. The largest absolute Gasteiger partial charge is 0.309 e. The summed E-state index contributed by atoms with van der Waals surface area (Å²) in [6.07, 6.45) is 11.6. The maximum Gasteiger partial charge on any atom is 0.265 e. The monoisotopic (exact) mass is 370 g/mol. The smallest absolute Gasteiger partial charge is 0.265 e. The number of hydrogen-bond donors (Lipinski definition) is 1. The Bertz CT molecular complexity index is 534. The standard InChI is InChI=1S/C16H23BrN2OS/c17-14-15(11-6-4-5-7-11)18-13(19-16(14)20)10-21-12-8-2-1-3-9-12/h11-12H,1-10H2,(H,18,19,20). The summed E-state index contributed by atoms with van der Waals surface area (Å²) < 4.78 is 0.654. The molecule has 0 aliphatic heterocycles. The van der Waals surface area contributed by atoms with Gasteiger partial charge in [0.1, 0.15) is 10.3 Å². The molecule has 2 aliphatic carbocycles. The highest BCUT2D eigenvalue weighted by molar-refractivity contribution is 9.10. The fraction of sp³-hybridized carbons (Fsp3) is 0.750. The summed E-state index contributed by atoms with van der Waals surface area (Å²) >= 11 is 5.41. The average Bonchev–Trinajstić information content (AvgIpc) is 3.03. The highest BCUT2D eigenvalue weighted by atomic mass is 79.9. The molecule has 0 aromatic carbocycles. The van der Waals surface area contributed by atoms with E-state index in [1.165, 1.54) is 57.8 Å². The van der Waals surface area contributed by atoms with Crippen molar-refractivity contribution >= 4 is 27.7 Å². The fourth-order valence-electron chi connectivity index (χ4n) is 3.49. The van der Waals surface area contributed by atoms with Crippen LogP contribution in [0.2, 0.25) is 0 Å².